The molecule has 0 aromatic rings. The molecule has 1 rings (SSSR count). The highest BCUT2D eigenvalue weighted by molar-refractivity contribution is 7.99. The van der Waals surface area contributed by atoms with Crippen molar-refractivity contribution in [3.05, 3.63) is 0 Å². The van der Waals surface area contributed by atoms with Crippen LogP contribution in [-0.2, 0) is 0 Å². The van der Waals surface area contributed by atoms with Crippen molar-refractivity contribution in [3.63, 3.8) is 0 Å². The van der Waals surface area contributed by atoms with Gasteiger partial charge in [-0.1, -0.05) is 33.1 Å². The van der Waals surface area contributed by atoms with E-state index in [1.54, 1.807) is 0 Å². The standard InChI is InChI=1S/C13H27NS/c1-11-6-4-5-7-13(11)10-14-9-8-12(2)15-3/h11-14H,4-10H2,1-3H3. The SMILES string of the molecule is CSC(C)CCNCC1CCCCC1C. The minimum absolute atomic E-state index is 0.807. The molecule has 0 aromatic heterocycles. The molecular formula is C13H27NS. The third-order valence-corrected chi connectivity index (χ3v) is 4.87. The molecule has 0 aromatic carbocycles. The highest BCUT2D eigenvalue weighted by atomic mass is 32.2. The lowest BCUT2D eigenvalue weighted by Gasteiger charge is -2.29. The van der Waals surface area contributed by atoms with Crippen molar-refractivity contribution in [2.75, 3.05) is 19.3 Å². The van der Waals surface area contributed by atoms with E-state index in [0.29, 0.717) is 0 Å². The minimum Gasteiger partial charge on any atom is -0.316 e. The fourth-order valence-electron chi connectivity index (χ4n) is 2.41. The fraction of sp³-hybridized carbons (Fsp3) is 1.00. The van der Waals surface area contributed by atoms with Crippen LogP contribution in [-0.4, -0.2) is 24.6 Å². The van der Waals surface area contributed by atoms with E-state index < -0.39 is 0 Å². The summed E-state index contributed by atoms with van der Waals surface area (Å²) in [6, 6.07) is 0. The zero-order valence-electron chi connectivity index (χ0n) is 10.6. The number of hydrogen-bond donors (Lipinski definition) is 1. The Morgan fingerprint density at radius 1 is 1.33 bits per heavy atom. The maximum absolute atomic E-state index is 3.64. The Balaban J connectivity index is 2.03. The van der Waals surface area contributed by atoms with Crippen LogP contribution in [0.1, 0.15) is 46.0 Å². The Labute approximate surface area is 99.8 Å². The van der Waals surface area contributed by atoms with E-state index in [1.165, 1.54) is 45.2 Å². The van der Waals surface area contributed by atoms with Gasteiger partial charge in [-0.15, -0.1) is 0 Å². The molecule has 0 spiro atoms. The molecule has 90 valence electrons. The van der Waals surface area contributed by atoms with Crippen LogP contribution in [0.2, 0.25) is 0 Å². The molecule has 1 saturated carbocycles. The van der Waals surface area contributed by atoms with Crippen LogP contribution >= 0.6 is 11.8 Å². The maximum Gasteiger partial charge on any atom is 0.00280 e. The normalized spacial score (nSPS) is 29.0. The van der Waals surface area contributed by atoms with E-state index in [4.69, 9.17) is 0 Å². The zero-order chi connectivity index (χ0) is 11.1. The first kappa shape index (κ1) is 13.4. The second-order valence-electron chi connectivity index (χ2n) is 5.06. The van der Waals surface area contributed by atoms with Crippen LogP contribution in [0.5, 0.6) is 0 Å². The summed E-state index contributed by atoms with van der Waals surface area (Å²) in [4.78, 5) is 0. The van der Waals surface area contributed by atoms with Gasteiger partial charge in [0.2, 0.25) is 0 Å². The van der Waals surface area contributed by atoms with Gasteiger partial charge in [-0.25, -0.2) is 0 Å². The van der Waals surface area contributed by atoms with Crippen LogP contribution in [0, 0.1) is 11.8 Å². The molecule has 3 atom stereocenters. The van der Waals surface area contributed by atoms with Gasteiger partial charge in [-0.2, -0.15) is 11.8 Å². The average molecular weight is 229 g/mol. The summed E-state index contributed by atoms with van der Waals surface area (Å²) in [6.45, 7) is 7.19. The van der Waals surface area contributed by atoms with Crippen LogP contribution in [0.25, 0.3) is 0 Å². The molecule has 1 nitrogen and oxygen atoms in total. The molecule has 0 bridgehead atoms. The molecule has 0 saturated heterocycles. The van der Waals surface area contributed by atoms with Crippen molar-refractivity contribution in [2.24, 2.45) is 11.8 Å². The molecule has 15 heavy (non-hydrogen) atoms. The summed E-state index contributed by atoms with van der Waals surface area (Å²) in [5, 5.41) is 4.44. The number of thioether (sulfide) groups is 1. The predicted molar refractivity (Wildman–Crippen MR) is 71.6 cm³/mol. The van der Waals surface area contributed by atoms with Gasteiger partial charge in [-0.3, -0.25) is 0 Å². The topological polar surface area (TPSA) is 12.0 Å². The summed E-state index contributed by atoms with van der Waals surface area (Å²) >= 11 is 1.97. The van der Waals surface area contributed by atoms with E-state index in [2.05, 4.69) is 25.4 Å². The first-order valence-electron chi connectivity index (χ1n) is 6.47. The van der Waals surface area contributed by atoms with Gasteiger partial charge in [0.05, 0.1) is 0 Å². The quantitative estimate of drug-likeness (QED) is 0.699. The molecule has 3 unspecified atom stereocenters. The third-order valence-electron chi connectivity index (χ3n) is 3.83. The maximum atomic E-state index is 3.64. The Morgan fingerprint density at radius 3 is 2.73 bits per heavy atom. The molecule has 1 aliphatic rings. The summed E-state index contributed by atoms with van der Waals surface area (Å²) < 4.78 is 0. The molecule has 0 aliphatic heterocycles. The summed E-state index contributed by atoms with van der Waals surface area (Å²) in [5.74, 6) is 1.90. The van der Waals surface area contributed by atoms with Gasteiger partial charge in [0.15, 0.2) is 0 Å². The highest BCUT2D eigenvalue weighted by Crippen LogP contribution is 2.28. The van der Waals surface area contributed by atoms with E-state index >= 15 is 0 Å². The Morgan fingerprint density at radius 2 is 2.07 bits per heavy atom. The van der Waals surface area contributed by atoms with E-state index in [9.17, 15) is 0 Å². The number of hydrogen-bond acceptors (Lipinski definition) is 2. The molecule has 0 radical (unpaired) electrons. The van der Waals surface area contributed by atoms with Crippen molar-refractivity contribution < 1.29 is 0 Å². The van der Waals surface area contributed by atoms with E-state index in [-0.39, 0.29) is 0 Å². The Kier molecular flexibility index (Phi) is 6.74. The van der Waals surface area contributed by atoms with Crippen LogP contribution in [0.3, 0.4) is 0 Å². The molecule has 0 heterocycles. The smallest absolute Gasteiger partial charge is 0.00280 e. The third kappa shape index (κ3) is 5.26. The molecular weight excluding hydrogens is 202 g/mol. The molecule has 1 aliphatic carbocycles. The first-order chi connectivity index (χ1) is 7.24. The van der Waals surface area contributed by atoms with Crippen molar-refractivity contribution in [1.82, 2.24) is 5.32 Å². The molecule has 1 fully saturated rings. The monoisotopic (exact) mass is 229 g/mol. The minimum atomic E-state index is 0.807. The van der Waals surface area contributed by atoms with Crippen molar-refractivity contribution in [3.8, 4) is 0 Å². The second-order valence-corrected chi connectivity index (χ2v) is 6.34. The first-order valence-corrected chi connectivity index (χ1v) is 7.76. The van der Waals surface area contributed by atoms with Gasteiger partial charge in [0.1, 0.15) is 0 Å². The highest BCUT2D eigenvalue weighted by Gasteiger charge is 2.20. The zero-order valence-corrected chi connectivity index (χ0v) is 11.4. The Hall–Kier alpha value is 0.310. The van der Waals surface area contributed by atoms with Gasteiger partial charge in [0.25, 0.3) is 0 Å². The van der Waals surface area contributed by atoms with Gasteiger partial charge in [0, 0.05) is 5.25 Å². The largest absolute Gasteiger partial charge is 0.316 e. The summed E-state index contributed by atoms with van der Waals surface area (Å²) in [5.41, 5.74) is 0. The van der Waals surface area contributed by atoms with Crippen molar-refractivity contribution in [2.45, 2.75) is 51.2 Å². The number of nitrogens with one attached hydrogen (secondary N) is 1. The van der Waals surface area contributed by atoms with E-state index in [1.807, 2.05) is 11.8 Å². The van der Waals surface area contributed by atoms with E-state index in [0.717, 1.165) is 17.1 Å². The van der Waals surface area contributed by atoms with Crippen molar-refractivity contribution >= 4 is 11.8 Å². The van der Waals surface area contributed by atoms with Crippen LogP contribution in [0.15, 0.2) is 0 Å². The van der Waals surface area contributed by atoms with Crippen LogP contribution < -0.4 is 5.32 Å². The van der Waals surface area contributed by atoms with Gasteiger partial charge >= 0.3 is 0 Å². The Bertz CT molecular complexity index is 161. The predicted octanol–water partition coefficient (Wildman–Crippen LogP) is 3.54. The lowest BCUT2D eigenvalue weighted by atomic mass is 9.80. The molecule has 0 amide bonds. The van der Waals surface area contributed by atoms with Crippen molar-refractivity contribution in [1.29, 1.82) is 0 Å². The average Bonchev–Trinajstić information content (AvgIpc) is 2.26. The molecule has 2 heteroatoms. The number of rotatable bonds is 6. The lowest BCUT2D eigenvalue weighted by Crippen LogP contribution is -2.30. The summed E-state index contributed by atoms with van der Waals surface area (Å²) in [7, 11) is 0. The fourth-order valence-corrected chi connectivity index (χ4v) is 2.76. The second kappa shape index (κ2) is 7.56. The van der Waals surface area contributed by atoms with Gasteiger partial charge < -0.3 is 5.32 Å². The lowest BCUT2D eigenvalue weighted by molar-refractivity contribution is 0.248. The van der Waals surface area contributed by atoms with Crippen LogP contribution in [0.4, 0.5) is 0 Å². The van der Waals surface area contributed by atoms with Gasteiger partial charge in [-0.05, 0) is 44.0 Å². The molecule has 1 N–H and O–H groups in total. The summed E-state index contributed by atoms with van der Waals surface area (Å²) in [6.07, 6.45) is 9.33.